The molecule has 0 radical (unpaired) electrons. The Kier molecular flexibility index (Phi) is 3.44. The maximum absolute atomic E-state index is 13.3. The molecule has 1 aliphatic rings. The van der Waals surface area contributed by atoms with E-state index in [1.54, 1.807) is 0 Å². The summed E-state index contributed by atoms with van der Waals surface area (Å²) in [6.07, 6.45) is -1.33. The largest absolute Gasteiger partial charge is 0.433 e. The van der Waals surface area contributed by atoms with Crippen molar-refractivity contribution in [3.63, 3.8) is 0 Å². The number of nitrogens with zero attached hydrogens (tertiary/aromatic N) is 2. The van der Waals surface area contributed by atoms with Crippen LogP contribution in [0.15, 0.2) is 30.5 Å². The van der Waals surface area contributed by atoms with E-state index in [0.29, 0.717) is 6.04 Å². The van der Waals surface area contributed by atoms with Crippen molar-refractivity contribution in [3.05, 3.63) is 47.5 Å². The van der Waals surface area contributed by atoms with Crippen LogP contribution in [0.5, 0.6) is 0 Å². The number of nitrogens with one attached hydrogen (secondary N) is 1. The monoisotopic (exact) mass is 299 g/mol. The Morgan fingerprint density at radius 2 is 1.86 bits per heavy atom. The first-order chi connectivity index (χ1) is 9.95. The SMILES string of the molecule is Fc1ccc(-n2ncc(CNC3CC3)c2C(F)(F)F)cc1. The predicted molar refractivity (Wildman–Crippen MR) is 68.4 cm³/mol. The molecule has 0 amide bonds. The minimum atomic E-state index is -4.52. The van der Waals surface area contributed by atoms with Gasteiger partial charge in [0.05, 0.1) is 11.9 Å². The first-order valence-corrected chi connectivity index (χ1v) is 6.58. The molecule has 1 aromatic heterocycles. The molecule has 3 rings (SSSR count). The van der Waals surface area contributed by atoms with Crippen LogP contribution in [0.4, 0.5) is 17.6 Å². The Morgan fingerprint density at radius 1 is 1.19 bits per heavy atom. The summed E-state index contributed by atoms with van der Waals surface area (Å²) in [5, 5.41) is 6.86. The highest BCUT2D eigenvalue weighted by Crippen LogP contribution is 2.34. The van der Waals surface area contributed by atoms with Crippen LogP contribution in [0.3, 0.4) is 0 Å². The number of benzene rings is 1. The second-order valence-electron chi connectivity index (χ2n) is 5.06. The summed E-state index contributed by atoms with van der Waals surface area (Å²) in [6, 6.07) is 5.07. The zero-order chi connectivity index (χ0) is 15.0. The quantitative estimate of drug-likeness (QED) is 0.878. The van der Waals surface area contributed by atoms with Crippen molar-refractivity contribution >= 4 is 0 Å². The molecule has 2 aromatic rings. The first kappa shape index (κ1) is 14.1. The summed E-state index contributed by atoms with van der Waals surface area (Å²) in [6.45, 7) is 0.126. The van der Waals surface area contributed by atoms with Crippen LogP contribution in [0.1, 0.15) is 24.1 Å². The standard InChI is InChI=1S/C14H13F4N3/c15-10-1-5-12(6-2-10)21-13(14(16,17)18)9(8-20-21)7-19-11-3-4-11/h1-2,5-6,8,11,19H,3-4,7H2. The van der Waals surface area contributed by atoms with Gasteiger partial charge < -0.3 is 5.32 Å². The van der Waals surface area contributed by atoms with Gasteiger partial charge in [-0.05, 0) is 37.1 Å². The highest BCUT2D eigenvalue weighted by molar-refractivity contribution is 5.36. The molecule has 3 nitrogen and oxygen atoms in total. The fourth-order valence-electron chi connectivity index (χ4n) is 2.13. The number of rotatable bonds is 4. The fraction of sp³-hybridized carbons (Fsp3) is 0.357. The van der Waals surface area contributed by atoms with Crippen LogP contribution >= 0.6 is 0 Å². The van der Waals surface area contributed by atoms with Crippen LogP contribution in [-0.2, 0) is 12.7 Å². The zero-order valence-electron chi connectivity index (χ0n) is 11.0. The van der Waals surface area contributed by atoms with Gasteiger partial charge in [0, 0.05) is 18.2 Å². The molecule has 1 N–H and O–H groups in total. The maximum atomic E-state index is 13.3. The van der Waals surface area contributed by atoms with Gasteiger partial charge in [0.1, 0.15) is 5.82 Å². The predicted octanol–water partition coefficient (Wildman–Crippen LogP) is 3.28. The Balaban J connectivity index is 1.97. The van der Waals surface area contributed by atoms with Crippen LogP contribution in [-0.4, -0.2) is 15.8 Å². The van der Waals surface area contributed by atoms with E-state index in [2.05, 4.69) is 10.4 Å². The van der Waals surface area contributed by atoms with E-state index < -0.39 is 17.7 Å². The van der Waals surface area contributed by atoms with E-state index in [-0.39, 0.29) is 17.8 Å². The highest BCUT2D eigenvalue weighted by atomic mass is 19.4. The summed E-state index contributed by atoms with van der Waals surface area (Å²) in [5.74, 6) is -0.505. The molecule has 1 aromatic carbocycles. The topological polar surface area (TPSA) is 29.9 Å². The third kappa shape index (κ3) is 3.07. The number of alkyl halides is 3. The Bertz CT molecular complexity index is 627. The highest BCUT2D eigenvalue weighted by Gasteiger charge is 2.38. The lowest BCUT2D eigenvalue weighted by atomic mass is 10.2. The van der Waals surface area contributed by atoms with Crippen molar-refractivity contribution in [2.24, 2.45) is 0 Å². The second kappa shape index (κ2) is 5.14. The van der Waals surface area contributed by atoms with E-state index in [4.69, 9.17) is 0 Å². The van der Waals surface area contributed by atoms with Gasteiger partial charge in [-0.25, -0.2) is 9.07 Å². The lowest BCUT2D eigenvalue weighted by Crippen LogP contribution is -2.20. The van der Waals surface area contributed by atoms with Gasteiger partial charge in [0.15, 0.2) is 5.69 Å². The smallest absolute Gasteiger partial charge is 0.310 e. The minimum Gasteiger partial charge on any atom is -0.310 e. The fourth-order valence-corrected chi connectivity index (χ4v) is 2.13. The first-order valence-electron chi connectivity index (χ1n) is 6.58. The molecule has 21 heavy (non-hydrogen) atoms. The van der Waals surface area contributed by atoms with Crippen LogP contribution in [0.2, 0.25) is 0 Å². The molecular formula is C14H13F4N3. The number of hydrogen-bond donors (Lipinski definition) is 1. The molecule has 0 unspecified atom stereocenters. The van der Waals surface area contributed by atoms with Crippen molar-refractivity contribution in [1.29, 1.82) is 0 Å². The van der Waals surface area contributed by atoms with Gasteiger partial charge in [-0.15, -0.1) is 0 Å². The molecule has 0 atom stereocenters. The summed E-state index contributed by atoms with van der Waals surface area (Å²) in [4.78, 5) is 0. The molecule has 0 bridgehead atoms. The summed E-state index contributed by atoms with van der Waals surface area (Å²) in [7, 11) is 0. The Labute approximate surface area is 118 Å². The second-order valence-corrected chi connectivity index (χ2v) is 5.06. The molecule has 0 saturated heterocycles. The molecule has 112 valence electrons. The zero-order valence-corrected chi connectivity index (χ0v) is 11.0. The van der Waals surface area contributed by atoms with Crippen molar-refractivity contribution in [2.75, 3.05) is 0 Å². The average molecular weight is 299 g/mol. The van der Waals surface area contributed by atoms with E-state index in [1.165, 1.54) is 18.3 Å². The third-order valence-corrected chi connectivity index (χ3v) is 3.34. The van der Waals surface area contributed by atoms with Gasteiger partial charge in [0.25, 0.3) is 0 Å². The average Bonchev–Trinajstić information content (AvgIpc) is 3.14. The Hall–Kier alpha value is -1.89. The molecule has 0 spiro atoms. The minimum absolute atomic E-state index is 0.0960. The Morgan fingerprint density at radius 3 is 2.43 bits per heavy atom. The van der Waals surface area contributed by atoms with Crippen LogP contribution in [0.25, 0.3) is 5.69 Å². The van der Waals surface area contributed by atoms with Crippen LogP contribution < -0.4 is 5.32 Å². The molecule has 0 aliphatic heterocycles. The van der Waals surface area contributed by atoms with Gasteiger partial charge in [-0.3, -0.25) is 0 Å². The lowest BCUT2D eigenvalue weighted by molar-refractivity contribution is -0.143. The molecule has 1 aliphatic carbocycles. The van der Waals surface area contributed by atoms with Gasteiger partial charge >= 0.3 is 6.18 Å². The van der Waals surface area contributed by atoms with Crippen molar-refractivity contribution < 1.29 is 17.6 Å². The van der Waals surface area contributed by atoms with Gasteiger partial charge in [0.2, 0.25) is 0 Å². The van der Waals surface area contributed by atoms with E-state index in [9.17, 15) is 17.6 Å². The van der Waals surface area contributed by atoms with Crippen molar-refractivity contribution in [3.8, 4) is 5.69 Å². The summed E-state index contributed by atoms with van der Waals surface area (Å²) >= 11 is 0. The molecule has 1 heterocycles. The summed E-state index contributed by atoms with van der Waals surface area (Å²) < 4.78 is 53.6. The lowest BCUT2D eigenvalue weighted by Gasteiger charge is -2.13. The normalized spacial score (nSPS) is 15.4. The maximum Gasteiger partial charge on any atom is 0.433 e. The third-order valence-electron chi connectivity index (χ3n) is 3.34. The van der Waals surface area contributed by atoms with E-state index in [0.717, 1.165) is 29.7 Å². The number of aromatic nitrogens is 2. The van der Waals surface area contributed by atoms with E-state index in [1.807, 2.05) is 0 Å². The molecular weight excluding hydrogens is 286 g/mol. The van der Waals surface area contributed by atoms with Crippen molar-refractivity contribution in [1.82, 2.24) is 15.1 Å². The van der Waals surface area contributed by atoms with Gasteiger partial charge in [-0.1, -0.05) is 0 Å². The van der Waals surface area contributed by atoms with E-state index >= 15 is 0 Å². The van der Waals surface area contributed by atoms with Gasteiger partial charge in [-0.2, -0.15) is 18.3 Å². The summed E-state index contributed by atoms with van der Waals surface area (Å²) in [5.41, 5.74) is -0.539. The number of hydrogen-bond acceptors (Lipinski definition) is 2. The van der Waals surface area contributed by atoms with Crippen molar-refractivity contribution in [2.45, 2.75) is 31.6 Å². The van der Waals surface area contributed by atoms with Crippen LogP contribution in [0, 0.1) is 5.82 Å². The molecule has 7 heteroatoms. The number of halogens is 4. The molecule has 1 saturated carbocycles. The molecule has 1 fully saturated rings.